The van der Waals surface area contributed by atoms with Gasteiger partial charge in [-0.3, -0.25) is 14.4 Å². The number of carbonyl (C=O) groups excluding carboxylic acids is 3. The molecule has 6 heteroatoms. The molecule has 70 heavy (non-hydrogen) atoms. The molecule has 0 radical (unpaired) electrons. The Kier molecular flexibility index (Phi) is 53.0. The summed E-state index contributed by atoms with van der Waals surface area (Å²) in [6.45, 7) is 6.23. The van der Waals surface area contributed by atoms with Gasteiger partial charge in [0, 0.05) is 19.3 Å². The van der Waals surface area contributed by atoms with E-state index in [1.54, 1.807) is 0 Å². The Bertz CT molecular complexity index is 1580. The van der Waals surface area contributed by atoms with Crippen molar-refractivity contribution in [1.29, 1.82) is 0 Å². The van der Waals surface area contributed by atoms with Crippen molar-refractivity contribution in [3.05, 3.63) is 146 Å². The maximum atomic E-state index is 12.8. The molecule has 0 saturated heterocycles. The molecular weight excluding hydrogens is 865 g/mol. The maximum absolute atomic E-state index is 12.8. The summed E-state index contributed by atoms with van der Waals surface area (Å²) >= 11 is 0. The SMILES string of the molecule is CC/C=C\C/C=C\C/C=C\C/C=C\C/C=C\CCCCCC(=O)OCC(COC(=O)CCCCCCCCC/C=C\C/C=C\CC)OC(=O)CCCCC/C=C\C/C=C\C/C=C\C/C=C\C/C=C\CC. The Morgan fingerprint density at radius 2 is 0.514 bits per heavy atom. The number of carbonyl (C=O) groups is 3. The van der Waals surface area contributed by atoms with E-state index >= 15 is 0 Å². The largest absolute Gasteiger partial charge is 0.462 e. The minimum Gasteiger partial charge on any atom is -0.462 e. The molecule has 0 saturated carbocycles. The Morgan fingerprint density at radius 1 is 0.286 bits per heavy atom. The summed E-state index contributed by atoms with van der Waals surface area (Å²) in [7, 11) is 0. The van der Waals surface area contributed by atoms with Gasteiger partial charge in [0.2, 0.25) is 0 Å². The van der Waals surface area contributed by atoms with E-state index in [-0.39, 0.29) is 37.5 Å². The van der Waals surface area contributed by atoms with Gasteiger partial charge >= 0.3 is 17.9 Å². The van der Waals surface area contributed by atoms with Crippen LogP contribution >= 0.6 is 0 Å². The first-order valence-corrected chi connectivity index (χ1v) is 27.8. The first-order valence-electron chi connectivity index (χ1n) is 27.8. The first-order chi connectivity index (χ1) is 34.5. The number of unbranched alkanes of at least 4 members (excludes halogenated alkanes) is 13. The number of ether oxygens (including phenoxy) is 3. The van der Waals surface area contributed by atoms with Gasteiger partial charge in [-0.05, 0) is 135 Å². The van der Waals surface area contributed by atoms with E-state index in [0.717, 1.165) is 148 Å². The van der Waals surface area contributed by atoms with Gasteiger partial charge in [-0.2, -0.15) is 0 Å². The minimum atomic E-state index is -0.820. The lowest BCUT2D eigenvalue weighted by molar-refractivity contribution is -0.167. The van der Waals surface area contributed by atoms with E-state index in [2.05, 4.69) is 167 Å². The molecule has 6 nitrogen and oxygen atoms in total. The van der Waals surface area contributed by atoms with Crippen LogP contribution in [-0.2, 0) is 28.6 Å². The molecule has 0 aromatic carbocycles. The smallest absolute Gasteiger partial charge is 0.306 e. The van der Waals surface area contributed by atoms with Crippen LogP contribution < -0.4 is 0 Å². The molecule has 0 spiro atoms. The average Bonchev–Trinajstić information content (AvgIpc) is 3.36. The Balaban J connectivity index is 4.55. The van der Waals surface area contributed by atoms with Crippen LogP contribution in [0.5, 0.6) is 0 Å². The van der Waals surface area contributed by atoms with Crippen LogP contribution in [-0.4, -0.2) is 37.2 Å². The van der Waals surface area contributed by atoms with E-state index in [9.17, 15) is 14.4 Å². The molecule has 0 aromatic rings. The highest BCUT2D eigenvalue weighted by atomic mass is 16.6. The van der Waals surface area contributed by atoms with Gasteiger partial charge in [0.1, 0.15) is 13.2 Å². The quantitative estimate of drug-likeness (QED) is 0.0262. The van der Waals surface area contributed by atoms with Crippen molar-refractivity contribution in [2.24, 2.45) is 0 Å². The van der Waals surface area contributed by atoms with Crippen LogP contribution in [0.25, 0.3) is 0 Å². The first kappa shape index (κ1) is 65.3. The second-order valence-corrected chi connectivity index (χ2v) is 17.7. The Hall–Kier alpha value is -4.71. The maximum Gasteiger partial charge on any atom is 0.306 e. The predicted molar refractivity (Wildman–Crippen MR) is 302 cm³/mol. The Labute approximate surface area is 429 Å². The topological polar surface area (TPSA) is 78.9 Å². The molecule has 0 rings (SSSR count). The molecule has 0 amide bonds. The molecule has 0 heterocycles. The van der Waals surface area contributed by atoms with E-state index in [1.807, 2.05) is 0 Å². The standard InChI is InChI=1S/C64H100O6/c1-4-7-10-13-16-19-22-25-28-30-32-34-36-39-42-45-48-51-54-57-63(66)69-60-61(59-68-62(65)56-53-50-47-44-41-38-27-24-21-18-15-12-9-6-3)70-64(67)58-55-52-49-46-43-40-37-35-33-31-29-26-23-20-17-14-11-8-5-2/h7-12,16-21,25-26,28-29,32-35,39-40,42-43,61H,4-6,13-15,22-24,27,30-31,36-38,41,44-60H2,1-3H3/b10-7-,11-8-,12-9-,19-16-,20-17-,21-18-,28-25-,29-26-,34-32-,35-33-,42-39-,43-40-. The highest BCUT2D eigenvalue weighted by Crippen LogP contribution is 2.13. The van der Waals surface area contributed by atoms with Crippen molar-refractivity contribution in [2.75, 3.05) is 13.2 Å². The second-order valence-electron chi connectivity index (χ2n) is 17.7. The molecular formula is C64H100O6. The monoisotopic (exact) mass is 965 g/mol. The highest BCUT2D eigenvalue weighted by Gasteiger charge is 2.19. The van der Waals surface area contributed by atoms with Gasteiger partial charge in [0.05, 0.1) is 0 Å². The van der Waals surface area contributed by atoms with Gasteiger partial charge in [-0.15, -0.1) is 0 Å². The van der Waals surface area contributed by atoms with E-state index in [4.69, 9.17) is 14.2 Å². The summed E-state index contributed by atoms with van der Waals surface area (Å²) in [5, 5.41) is 0. The van der Waals surface area contributed by atoms with Crippen molar-refractivity contribution >= 4 is 17.9 Å². The molecule has 0 bridgehead atoms. The predicted octanol–water partition coefficient (Wildman–Crippen LogP) is 18.8. The average molecular weight is 965 g/mol. The molecule has 1 atom stereocenters. The summed E-state index contributed by atoms with van der Waals surface area (Å²) in [5.41, 5.74) is 0. The Morgan fingerprint density at radius 3 is 0.814 bits per heavy atom. The van der Waals surface area contributed by atoms with E-state index in [1.165, 1.54) is 25.7 Å². The number of esters is 3. The lowest BCUT2D eigenvalue weighted by atomic mass is 10.1. The molecule has 0 N–H and O–H groups in total. The van der Waals surface area contributed by atoms with Crippen molar-refractivity contribution in [3.8, 4) is 0 Å². The number of hydrogen-bond acceptors (Lipinski definition) is 6. The van der Waals surface area contributed by atoms with Crippen LogP contribution in [0.3, 0.4) is 0 Å². The normalized spacial score (nSPS) is 13.2. The van der Waals surface area contributed by atoms with Crippen molar-refractivity contribution in [2.45, 2.75) is 226 Å². The number of allylic oxidation sites excluding steroid dienone is 24. The summed E-state index contributed by atoms with van der Waals surface area (Å²) in [4.78, 5) is 38.1. The summed E-state index contributed by atoms with van der Waals surface area (Å²) in [6.07, 6.45) is 81.2. The van der Waals surface area contributed by atoms with Crippen molar-refractivity contribution in [3.63, 3.8) is 0 Å². The minimum absolute atomic E-state index is 0.113. The number of rotatable bonds is 48. The van der Waals surface area contributed by atoms with Crippen LogP contribution in [0.15, 0.2) is 146 Å². The van der Waals surface area contributed by atoms with Crippen LogP contribution in [0.4, 0.5) is 0 Å². The molecule has 0 aliphatic carbocycles. The van der Waals surface area contributed by atoms with Crippen molar-refractivity contribution < 1.29 is 28.6 Å². The third-order valence-corrected chi connectivity index (χ3v) is 11.1. The van der Waals surface area contributed by atoms with Gasteiger partial charge in [-0.25, -0.2) is 0 Å². The fourth-order valence-electron chi connectivity index (χ4n) is 7.00. The van der Waals surface area contributed by atoms with Gasteiger partial charge in [-0.1, -0.05) is 212 Å². The van der Waals surface area contributed by atoms with E-state index < -0.39 is 6.10 Å². The molecule has 392 valence electrons. The van der Waals surface area contributed by atoms with Crippen molar-refractivity contribution in [1.82, 2.24) is 0 Å². The molecule has 0 aliphatic heterocycles. The summed E-state index contributed by atoms with van der Waals surface area (Å²) < 4.78 is 16.8. The van der Waals surface area contributed by atoms with Gasteiger partial charge in [0.15, 0.2) is 6.10 Å². The molecule has 0 fully saturated rings. The van der Waals surface area contributed by atoms with Crippen LogP contribution in [0.2, 0.25) is 0 Å². The van der Waals surface area contributed by atoms with Gasteiger partial charge < -0.3 is 14.2 Å². The molecule has 0 aliphatic rings. The second kappa shape index (κ2) is 56.9. The van der Waals surface area contributed by atoms with Crippen LogP contribution in [0.1, 0.15) is 220 Å². The third-order valence-electron chi connectivity index (χ3n) is 11.1. The molecule has 1 unspecified atom stereocenters. The fourth-order valence-corrected chi connectivity index (χ4v) is 7.00. The van der Waals surface area contributed by atoms with E-state index in [0.29, 0.717) is 19.3 Å². The third kappa shape index (κ3) is 54.2. The highest BCUT2D eigenvalue weighted by molar-refractivity contribution is 5.71. The number of hydrogen-bond donors (Lipinski definition) is 0. The summed E-state index contributed by atoms with van der Waals surface area (Å²) in [6, 6.07) is 0. The molecule has 0 aromatic heterocycles. The zero-order valence-electron chi connectivity index (χ0n) is 44.7. The lowest BCUT2D eigenvalue weighted by Crippen LogP contribution is -2.30. The van der Waals surface area contributed by atoms with Crippen LogP contribution in [0, 0.1) is 0 Å². The zero-order valence-corrected chi connectivity index (χ0v) is 44.7. The summed E-state index contributed by atoms with van der Waals surface area (Å²) in [5.74, 6) is -0.994. The van der Waals surface area contributed by atoms with Gasteiger partial charge in [0.25, 0.3) is 0 Å². The lowest BCUT2D eigenvalue weighted by Gasteiger charge is -2.18. The zero-order chi connectivity index (χ0) is 50.7. The fraction of sp³-hybridized carbons (Fsp3) is 0.578.